The number of oxime groups is 1. The summed E-state index contributed by atoms with van der Waals surface area (Å²) in [6.45, 7) is 8.34. The molecule has 0 fully saturated rings. The van der Waals surface area contributed by atoms with Gasteiger partial charge in [-0.1, -0.05) is 45.1 Å². The predicted molar refractivity (Wildman–Crippen MR) is 79.4 cm³/mol. The Bertz CT molecular complexity index is 268. The summed E-state index contributed by atoms with van der Waals surface area (Å²) < 4.78 is 0. The zero-order valence-electron chi connectivity index (χ0n) is 12.0. The second-order valence-electron chi connectivity index (χ2n) is 5.10. The SMILES string of the molecule is CCNCCC=CCCC=CCC(C)(C)C=NO. The molecule has 0 saturated heterocycles. The van der Waals surface area contributed by atoms with Crippen molar-refractivity contribution in [1.82, 2.24) is 5.32 Å². The second-order valence-corrected chi connectivity index (χ2v) is 5.10. The minimum Gasteiger partial charge on any atom is -0.411 e. The summed E-state index contributed by atoms with van der Waals surface area (Å²) in [4.78, 5) is 0. The van der Waals surface area contributed by atoms with Crippen molar-refractivity contribution < 1.29 is 5.21 Å². The van der Waals surface area contributed by atoms with Crippen LogP contribution in [0, 0.1) is 5.41 Å². The van der Waals surface area contributed by atoms with Crippen LogP contribution in [0.15, 0.2) is 29.5 Å². The zero-order chi connectivity index (χ0) is 13.7. The van der Waals surface area contributed by atoms with Crippen molar-refractivity contribution in [2.75, 3.05) is 13.1 Å². The Morgan fingerprint density at radius 3 is 2.28 bits per heavy atom. The monoisotopic (exact) mass is 252 g/mol. The summed E-state index contributed by atoms with van der Waals surface area (Å²) in [5, 5.41) is 14.9. The van der Waals surface area contributed by atoms with Crippen LogP contribution >= 0.6 is 0 Å². The van der Waals surface area contributed by atoms with E-state index in [1.165, 1.54) is 0 Å². The molecule has 18 heavy (non-hydrogen) atoms. The van der Waals surface area contributed by atoms with Crippen molar-refractivity contribution in [1.29, 1.82) is 0 Å². The molecule has 0 atom stereocenters. The Kier molecular flexibility index (Phi) is 10.4. The molecule has 0 aromatic carbocycles. The van der Waals surface area contributed by atoms with Gasteiger partial charge in [-0.2, -0.15) is 0 Å². The van der Waals surface area contributed by atoms with Gasteiger partial charge in [-0.3, -0.25) is 0 Å². The van der Waals surface area contributed by atoms with Crippen LogP contribution in [0.2, 0.25) is 0 Å². The molecule has 3 nitrogen and oxygen atoms in total. The number of nitrogens with one attached hydrogen (secondary N) is 1. The van der Waals surface area contributed by atoms with E-state index < -0.39 is 0 Å². The molecule has 0 unspecified atom stereocenters. The summed E-state index contributed by atoms with van der Waals surface area (Å²) in [5.41, 5.74) is -0.0626. The second kappa shape index (κ2) is 11.0. The van der Waals surface area contributed by atoms with Gasteiger partial charge in [0.2, 0.25) is 0 Å². The van der Waals surface area contributed by atoms with Crippen LogP contribution in [0.5, 0.6) is 0 Å². The van der Waals surface area contributed by atoms with Crippen molar-refractivity contribution in [3.8, 4) is 0 Å². The van der Waals surface area contributed by atoms with E-state index in [2.05, 4.69) is 55.5 Å². The van der Waals surface area contributed by atoms with Crippen molar-refractivity contribution in [3.63, 3.8) is 0 Å². The third-order valence-corrected chi connectivity index (χ3v) is 2.62. The van der Waals surface area contributed by atoms with Gasteiger partial charge in [0.15, 0.2) is 0 Å². The van der Waals surface area contributed by atoms with E-state index in [0.717, 1.165) is 38.8 Å². The van der Waals surface area contributed by atoms with Gasteiger partial charge in [0, 0.05) is 11.6 Å². The standard InChI is InChI=1S/C15H28N2O/c1-4-16-13-11-9-7-5-6-8-10-12-15(2,3)14-17-18/h7-10,14,16,18H,4-6,11-13H2,1-3H3. The first-order chi connectivity index (χ1) is 8.62. The predicted octanol–water partition coefficient (Wildman–Crippen LogP) is 3.75. The van der Waals surface area contributed by atoms with Crippen LogP contribution in [0.4, 0.5) is 0 Å². The molecule has 104 valence electrons. The zero-order valence-corrected chi connectivity index (χ0v) is 12.0. The molecule has 0 aromatic heterocycles. The van der Waals surface area contributed by atoms with Gasteiger partial charge >= 0.3 is 0 Å². The molecular weight excluding hydrogens is 224 g/mol. The Labute approximate surface area is 112 Å². The maximum atomic E-state index is 8.49. The molecule has 0 aliphatic carbocycles. The lowest BCUT2D eigenvalue weighted by atomic mass is 9.91. The topological polar surface area (TPSA) is 44.6 Å². The van der Waals surface area contributed by atoms with Gasteiger partial charge in [-0.15, -0.1) is 5.16 Å². The minimum absolute atomic E-state index is 0.0626. The third kappa shape index (κ3) is 11.4. The van der Waals surface area contributed by atoms with Crippen LogP contribution < -0.4 is 5.32 Å². The van der Waals surface area contributed by atoms with Crippen LogP contribution in [0.1, 0.15) is 46.5 Å². The first kappa shape index (κ1) is 16.9. The van der Waals surface area contributed by atoms with Crippen LogP contribution in [-0.4, -0.2) is 24.5 Å². The summed E-state index contributed by atoms with van der Waals surface area (Å²) >= 11 is 0. The largest absolute Gasteiger partial charge is 0.411 e. The average Bonchev–Trinajstić information content (AvgIpc) is 2.31. The molecular formula is C15H28N2O. The van der Waals surface area contributed by atoms with Gasteiger partial charge in [0.05, 0.1) is 0 Å². The van der Waals surface area contributed by atoms with E-state index in [1.807, 2.05) is 0 Å². The molecule has 2 N–H and O–H groups in total. The van der Waals surface area contributed by atoms with E-state index in [-0.39, 0.29) is 5.41 Å². The summed E-state index contributed by atoms with van der Waals surface area (Å²) in [6, 6.07) is 0. The maximum Gasteiger partial charge on any atom is 0.0495 e. The smallest absolute Gasteiger partial charge is 0.0495 e. The Hall–Kier alpha value is -1.09. The number of hydrogen-bond acceptors (Lipinski definition) is 3. The lowest BCUT2D eigenvalue weighted by Crippen LogP contribution is -2.12. The van der Waals surface area contributed by atoms with Crippen LogP contribution in [0.3, 0.4) is 0 Å². The minimum atomic E-state index is -0.0626. The highest BCUT2D eigenvalue weighted by Gasteiger charge is 2.12. The molecule has 0 heterocycles. The van der Waals surface area contributed by atoms with Gasteiger partial charge in [-0.05, 0) is 38.8 Å². The number of nitrogens with zero attached hydrogens (tertiary/aromatic N) is 1. The van der Waals surface area contributed by atoms with Crippen LogP contribution in [-0.2, 0) is 0 Å². The lowest BCUT2D eigenvalue weighted by Gasteiger charge is -2.14. The number of hydrogen-bond donors (Lipinski definition) is 2. The quantitative estimate of drug-likeness (QED) is 0.204. The van der Waals surface area contributed by atoms with Crippen molar-refractivity contribution >= 4 is 6.21 Å². The van der Waals surface area contributed by atoms with Crippen molar-refractivity contribution in [2.45, 2.75) is 46.5 Å². The molecule has 0 aliphatic rings. The number of rotatable bonds is 10. The molecule has 0 saturated carbocycles. The van der Waals surface area contributed by atoms with Gasteiger partial charge in [-0.25, -0.2) is 0 Å². The van der Waals surface area contributed by atoms with Crippen LogP contribution in [0.25, 0.3) is 0 Å². The van der Waals surface area contributed by atoms with E-state index in [1.54, 1.807) is 6.21 Å². The lowest BCUT2D eigenvalue weighted by molar-refractivity contribution is 0.313. The number of allylic oxidation sites excluding steroid dienone is 3. The molecule has 0 aliphatic heterocycles. The Morgan fingerprint density at radius 1 is 1.06 bits per heavy atom. The highest BCUT2D eigenvalue weighted by molar-refractivity contribution is 5.64. The van der Waals surface area contributed by atoms with Crippen molar-refractivity contribution in [3.05, 3.63) is 24.3 Å². The van der Waals surface area contributed by atoms with Gasteiger partial charge < -0.3 is 10.5 Å². The van der Waals surface area contributed by atoms with Gasteiger partial charge in [0.25, 0.3) is 0 Å². The molecule has 0 radical (unpaired) electrons. The molecule has 0 spiro atoms. The number of unbranched alkanes of at least 4 members (excludes halogenated alkanes) is 1. The molecule has 0 amide bonds. The normalized spacial score (nSPS) is 13.3. The molecule has 0 aromatic rings. The van der Waals surface area contributed by atoms with Gasteiger partial charge in [0.1, 0.15) is 0 Å². The van der Waals surface area contributed by atoms with E-state index in [4.69, 9.17) is 5.21 Å². The first-order valence-electron chi connectivity index (χ1n) is 6.81. The fraction of sp³-hybridized carbons (Fsp3) is 0.667. The van der Waals surface area contributed by atoms with E-state index in [9.17, 15) is 0 Å². The summed E-state index contributed by atoms with van der Waals surface area (Å²) in [6.07, 6.45) is 14.6. The summed E-state index contributed by atoms with van der Waals surface area (Å²) in [7, 11) is 0. The molecule has 0 bridgehead atoms. The molecule has 0 rings (SSSR count). The Morgan fingerprint density at radius 2 is 1.67 bits per heavy atom. The first-order valence-corrected chi connectivity index (χ1v) is 6.81. The summed E-state index contributed by atoms with van der Waals surface area (Å²) in [5.74, 6) is 0. The maximum absolute atomic E-state index is 8.49. The van der Waals surface area contributed by atoms with Crippen molar-refractivity contribution in [2.24, 2.45) is 10.6 Å². The Balaban J connectivity index is 3.54. The fourth-order valence-corrected chi connectivity index (χ4v) is 1.50. The van der Waals surface area contributed by atoms with E-state index in [0.29, 0.717) is 0 Å². The highest BCUT2D eigenvalue weighted by Crippen LogP contribution is 2.17. The average molecular weight is 252 g/mol. The fourth-order valence-electron chi connectivity index (χ4n) is 1.50. The highest BCUT2D eigenvalue weighted by atomic mass is 16.4. The molecule has 3 heteroatoms. The third-order valence-electron chi connectivity index (χ3n) is 2.62. The van der Waals surface area contributed by atoms with E-state index >= 15 is 0 Å².